The summed E-state index contributed by atoms with van der Waals surface area (Å²) in [7, 11) is 0. The largest absolute Gasteiger partial charge is 0.487 e. The van der Waals surface area contributed by atoms with Crippen molar-refractivity contribution in [1.29, 1.82) is 0 Å². The van der Waals surface area contributed by atoms with E-state index in [4.69, 9.17) is 16.3 Å². The van der Waals surface area contributed by atoms with Crippen LogP contribution in [0.4, 0.5) is 0 Å². The molecule has 0 unspecified atom stereocenters. The summed E-state index contributed by atoms with van der Waals surface area (Å²) in [4.78, 5) is 4.05. The Morgan fingerprint density at radius 2 is 2.00 bits per heavy atom. The molecule has 3 heteroatoms. The van der Waals surface area contributed by atoms with Crippen LogP contribution in [0.5, 0.6) is 5.75 Å². The second kappa shape index (κ2) is 5.62. The first kappa shape index (κ1) is 13.9. The van der Waals surface area contributed by atoms with Crippen LogP contribution in [0.1, 0.15) is 31.9 Å². The number of pyridine rings is 1. The molecule has 19 heavy (non-hydrogen) atoms. The van der Waals surface area contributed by atoms with Crippen LogP contribution in [0.3, 0.4) is 0 Å². The van der Waals surface area contributed by atoms with Crippen LogP contribution in [0.2, 0.25) is 5.02 Å². The first-order chi connectivity index (χ1) is 8.97. The van der Waals surface area contributed by atoms with Crippen LogP contribution >= 0.6 is 11.6 Å². The number of nitrogens with zero attached hydrogens (tertiary/aromatic N) is 1. The predicted molar refractivity (Wildman–Crippen MR) is 78.7 cm³/mol. The summed E-state index contributed by atoms with van der Waals surface area (Å²) >= 11 is 6.26. The summed E-state index contributed by atoms with van der Waals surface area (Å²) in [6, 6.07) is 9.83. The molecule has 0 radical (unpaired) electrons. The number of rotatable bonds is 3. The van der Waals surface area contributed by atoms with Crippen molar-refractivity contribution in [3.63, 3.8) is 0 Å². The Balaban J connectivity index is 2.10. The molecular formula is C16H18ClNO. The van der Waals surface area contributed by atoms with Gasteiger partial charge in [0.1, 0.15) is 12.4 Å². The van der Waals surface area contributed by atoms with Gasteiger partial charge in [0.15, 0.2) is 0 Å². The smallest absolute Gasteiger partial charge is 0.138 e. The first-order valence-corrected chi connectivity index (χ1v) is 6.66. The van der Waals surface area contributed by atoms with E-state index in [2.05, 4.69) is 31.8 Å². The maximum absolute atomic E-state index is 6.26. The summed E-state index contributed by atoms with van der Waals surface area (Å²) < 4.78 is 5.72. The predicted octanol–water partition coefficient (Wildman–Crippen LogP) is 4.61. The standard InChI is InChI=1S/C16H18ClNO/c1-16(2,3)13-6-7-15(14(17)9-13)19-11-12-5-4-8-18-10-12/h4-10H,11H2,1-3H3. The van der Waals surface area contributed by atoms with Crippen molar-refractivity contribution in [2.75, 3.05) is 0 Å². The van der Waals surface area contributed by atoms with Crippen LogP contribution in [0, 0.1) is 0 Å². The lowest BCUT2D eigenvalue weighted by Gasteiger charge is -2.20. The summed E-state index contributed by atoms with van der Waals surface area (Å²) in [5.74, 6) is 0.707. The average molecular weight is 276 g/mol. The highest BCUT2D eigenvalue weighted by Gasteiger charge is 2.15. The Bertz CT molecular complexity index is 546. The fourth-order valence-electron chi connectivity index (χ4n) is 1.73. The molecule has 2 rings (SSSR count). The molecule has 0 saturated heterocycles. The lowest BCUT2D eigenvalue weighted by molar-refractivity contribution is 0.305. The summed E-state index contributed by atoms with van der Waals surface area (Å²) in [6.07, 6.45) is 3.53. The zero-order valence-corrected chi connectivity index (χ0v) is 12.2. The van der Waals surface area contributed by atoms with Gasteiger partial charge in [0.05, 0.1) is 5.02 Å². The van der Waals surface area contributed by atoms with Gasteiger partial charge in [0, 0.05) is 18.0 Å². The molecule has 0 N–H and O–H groups in total. The Morgan fingerprint density at radius 3 is 2.58 bits per heavy atom. The molecule has 0 aliphatic heterocycles. The van der Waals surface area contributed by atoms with Crippen molar-refractivity contribution in [2.45, 2.75) is 32.8 Å². The highest BCUT2D eigenvalue weighted by atomic mass is 35.5. The van der Waals surface area contributed by atoms with Gasteiger partial charge in [-0.15, -0.1) is 0 Å². The Morgan fingerprint density at radius 1 is 1.21 bits per heavy atom. The highest BCUT2D eigenvalue weighted by Crippen LogP contribution is 2.31. The van der Waals surface area contributed by atoms with E-state index < -0.39 is 0 Å². The van der Waals surface area contributed by atoms with Gasteiger partial charge in [-0.1, -0.05) is 44.5 Å². The molecule has 0 fully saturated rings. The zero-order valence-electron chi connectivity index (χ0n) is 11.5. The minimum Gasteiger partial charge on any atom is -0.487 e. The van der Waals surface area contributed by atoms with E-state index in [1.807, 2.05) is 24.3 Å². The van der Waals surface area contributed by atoms with Crippen molar-refractivity contribution < 1.29 is 4.74 Å². The van der Waals surface area contributed by atoms with Gasteiger partial charge in [0.25, 0.3) is 0 Å². The van der Waals surface area contributed by atoms with Gasteiger partial charge in [0.2, 0.25) is 0 Å². The van der Waals surface area contributed by atoms with Crippen molar-refractivity contribution >= 4 is 11.6 Å². The fraction of sp³-hybridized carbons (Fsp3) is 0.312. The van der Waals surface area contributed by atoms with Gasteiger partial charge in [-0.05, 0) is 29.2 Å². The normalized spacial score (nSPS) is 11.4. The number of aromatic nitrogens is 1. The van der Waals surface area contributed by atoms with Crippen LogP contribution in [-0.2, 0) is 12.0 Å². The molecule has 100 valence electrons. The Hall–Kier alpha value is -1.54. The SMILES string of the molecule is CC(C)(C)c1ccc(OCc2cccnc2)c(Cl)c1. The van der Waals surface area contributed by atoms with Crippen molar-refractivity contribution in [1.82, 2.24) is 4.98 Å². The Labute approximate surface area is 119 Å². The van der Waals surface area contributed by atoms with Crippen molar-refractivity contribution in [3.8, 4) is 5.75 Å². The molecule has 0 saturated carbocycles. The summed E-state index contributed by atoms with van der Waals surface area (Å²) in [6.45, 7) is 6.96. The molecule has 1 aromatic carbocycles. The van der Waals surface area contributed by atoms with Gasteiger partial charge < -0.3 is 4.74 Å². The molecular weight excluding hydrogens is 258 g/mol. The minimum atomic E-state index is 0.0888. The molecule has 1 heterocycles. The van der Waals surface area contributed by atoms with Gasteiger partial charge in [-0.2, -0.15) is 0 Å². The minimum absolute atomic E-state index is 0.0888. The van der Waals surface area contributed by atoms with Crippen LogP contribution in [-0.4, -0.2) is 4.98 Å². The number of benzene rings is 1. The Kier molecular flexibility index (Phi) is 4.11. The first-order valence-electron chi connectivity index (χ1n) is 6.28. The molecule has 2 nitrogen and oxygen atoms in total. The topological polar surface area (TPSA) is 22.1 Å². The third-order valence-corrected chi connectivity index (χ3v) is 3.21. The van der Waals surface area contributed by atoms with E-state index in [1.165, 1.54) is 5.56 Å². The number of halogens is 1. The van der Waals surface area contributed by atoms with E-state index in [0.29, 0.717) is 17.4 Å². The molecule has 0 amide bonds. The maximum atomic E-state index is 6.26. The highest BCUT2D eigenvalue weighted by molar-refractivity contribution is 6.32. The molecule has 2 aromatic rings. The molecule has 1 aromatic heterocycles. The van der Waals surface area contributed by atoms with E-state index in [1.54, 1.807) is 12.4 Å². The van der Waals surface area contributed by atoms with E-state index >= 15 is 0 Å². The van der Waals surface area contributed by atoms with Crippen molar-refractivity contribution in [2.24, 2.45) is 0 Å². The lowest BCUT2D eigenvalue weighted by Crippen LogP contribution is -2.10. The molecule has 0 atom stereocenters. The van der Waals surface area contributed by atoms with Gasteiger partial charge in [-0.25, -0.2) is 0 Å². The monoisotopic (exact) mass is 275 g/mol. The van der Waals surface area contributed by atoms with Gasteiger partial charge in [-0.3, -0.25) is 4.98 Å². The summed E-state index contributed by atoms with van der Waals surface area (Å²) in [5, 5.41) is 0.649. The van der Waals surface area contributed by atoms with Crippen LogP contribution in [0.15, 0.2) is 42.7 Å². The lowest BCUT2D eigenvalue weighted by atomic mass is 9.87. The van der Waals surface area contributed by atoms with E-state index in [-0.39, 0.29) is 5.41 Å². The zero-order chi connectivity index (χ0) is 13.9. The number of hydrogen-bond donors (Lipinski definition) is 0. The third kappa shape index (κ3) is 3.71. The summed E-state index contributed by atoms with van der Waals surface area (Å²) in [5.41, 5.74) is 2.32. The number of hydrogen-bond acceptors (Lipinski definition) is 2. The number of ether oxygens (including phenoxy) is 1. The van der Waals surface area contributed by atoms with E-state index in [0.717, 1.165) is 5.56 Å². The van der Waals surface area contributed by atoms with Crippen LogP contribution < -0.4 is 4.74 Å². The van der Waals surface area contributed by atoms with Crippen LogP contribution in [0.25, 0.3) is 0 Å². The second-order valence-corrected chi connectivity index (χ2v) is 5.95. The quantitative estimate of drug-likeness (QED) is 0.816. The average Bonchev–Trinajstić information content (AvgIpc) is 2.37. The van der Waals surface area contributed by atoms with E-state index in [9.17, 15) is 0 Å². The molecule has 0 aliphatic carbocycles. The molecule has 0 bridgehead atoms. The third-order valence-electron chi connectivity index (χ3n) is 2.92. The second-order valence-electron chi connectivity index (χ2n) is 5.55. The van der Waals surface area contributed by atoms with Crippen molar-refractivity contribution in [3.05, 3.63) is 58.9 Å². The van der Waals surface area contributed by atoms with Gasteiger partial charge >= 0.3 is 0 Å². The maximum Gasteiger partial charge on any atom is 0.138 e. The molecule has 0 spiro atoms. The molecule has 0 aliphatic rings. The fourth-order valence-corrected chi connectivity index (χ4v) is 1.96.